The molecule has 2 unspecified atom stereocenters. The van der Waals surface area contributed by atoms with Crippen LogP contribution in [-0.2, 0) is 14.3 Å². The van der Waals surface area contributed by atoms with Crippen molar-refractivity contribution in [1.82, 2.24) is 4.90 Å². The lowest BCUT2D eigenvalue weighted by atomic mass is 9.81. The SMILES string of the molecule is N#CCCCCC(=O)C1CC2COCC(C1)N2C(=O)OCC1c2ccccc2-c2ccccc21. The maximum absolute atomic E-state index is 13.2. The number of ether oxygens (including phenoxy) is 2. The number of nitrogens with zero attached hydrogens (tertiary/aromatic N) is 2. The highest BCUT2D eigenvalue weighted by Crippen LogP contribution is 2.44. The largest absolute Gasteiger partial charge is 0.448 e. The number of nitriles is 1. The lowest BCUT2D eigenvalue weighted by Gasteiger charge is -2.47. The molecule has 2 fully saturated rings. The van der Waals surface area contributed by atoms with Gasteiger partial charge in [0.05, 0.1) is 31.4 Å². The van der Waals surface area contributed by atoms with Gasteiger partial charge in [-0.15, -0.1) is 0 Å². The number of piperidine rings is 1. The fourth-order valence-corrected chi connectivity index (χ4v) is 5.85. The van der Waals surface area contributed by atoms with Crippen molar-refractivity contribution in [3.8, 4) is 17.2 Å². The highest BCUT2D eigenvalue weighted by molar-refractivity contribution is 5.82. The molecule has 34 heavy (non-hydrogen) atoms. The van der Waals surface area contributed by atoms with E-state index in [1.807, 2.05) is 29.2 Å². The van der Waals surface area contributed by atoms with E-state index in [1.54, 1.807) is 0 Å². The van der Waals surface area contributed by atoms with E-state index in [4.69, 9.17) is 14.7 Å². The summed E-state index contributed by atoms with van der Waals surface area (Å²) in [7, 11) is 0. The first-order valence-electron chi connectivity index (χ1n) is 12.3. The average Bonchev–Trinajstić information content (AvgIpc) is 3.18. The van der Waals surface area contributed by atoms with Gasteiger partial charge in [-0.3, -0.25) is 9.69 Å². The molecule has 0 aromatic heterocycles. The van der Waals surface area contributed by atoms with Crippen molar-refractivity contribution < 1.29 is 19.1 Å². The second-order valence-electron chi connectivity index (χ2n) is 9.56. The molecule has 5 rings (SSSR count). The highest BCUT2D eigenvalue weighted by Gasteiger charge is 2.44. The summed E-state index contributed by atoms with van der Waals surface area (Å²) in [5.41, 5.74) is 4.80. The molecule has 6 heteroatoms. The first-order valence-corrected chi connectivity index (χ1v) is 12.3. The summed E-state index contributed by atoms with van der Waals surface area (Å²) in [4.78, 5) is 27.8. The van der Waals surface area contributed by atoms with E-state index in [-0.39, 0.29) is 35.8 Å². The number of rotatable bonds is 7. The maximum atomic E-state index is 13.2. The monoisotopic (exact) mass is 458 g/mol. The van der Waals surface area contributed by atoms with Gasteiger partial charge in [-0.25, -0.2) is 4.79 Å². The van der Waals surface area contributed by atoms with E-state index in [9.17, 15) is 9.59 Å². The Bertz CT molecular complexity index is 1050. The van der Waals surface area contributed by atoms with Crippen molar-refractivity contribution >= 4 is 11.9 Å². The van der Waals surface area contributed by atoms with Gasteiger partial charge in [0.25, 0.3) is 0 Å². The van der Waals surface area contributed by atoms with Crippen LogP contribution in [0.1, 0.15) is 55.6 Å². The van der Waals surface area contributed by atoms with Crippen LogP contribution in [0.2, 0.25) is 0 Å². The van der Waals surface area contributed by atoms with Gasteiger partial charge in [-0.1, -0.05) is 48.5 Å². The smallest absolute Gasteiger partial charge is 0.410 e. The number of unbranched alkanes of at least 4 members (excludes halogenated alkanes) is 2. The highest BCUT2D eigenvalue weighted by atomic mass is 16.6. The van der Waals surface area contributed by atoms with E-state index in [1.165, 1.54) is 22.3 Å². The van der Waals surface area contributed by atoms with Crippen molar-refractivity contribution in [3.05, 3.63) is 59.7 Å². The van der Waals surface area contributed by atoms with Gasteiger partial charge in [0.15, 0.2) is 0 Å². The quantitative estimate of drug-likeness (QED) is 0.542. The third-order valence-electron chi connectivity index (χ3n) is 7.48. The number of amides is 1. The molecule has 2 saturated heterocycles. The number of benzene rings is 2. The van der Waals surface area contributed by atoms with Gasteiger partial charge in [-0.05, 0) is 47.9 Å². The zero-order chi connectivity index (χ0) is 23.5. The van der Waals surface area contributed by atoms with E-state index in [0.29, 0.717) is 45.5 Å². The molecular weight excluding hydrogens is 428 g/mol. The molecule has 2 aromatic rings. The third-order valence-corrected chi connectivity index (χ3v) is 7.48. The summed E-state index contributed by atoms with van der Waals surface area (Å²) in [6.07, 6.45) is 3.46. The molecule has 2 heterocycles. The molecule has 2 aromatic carbocycles. The van der Waals surface area contributed by atoms with Crippen LogP contribution >= 0.6 is 0 Å². The van der Waals surface area contributed by atoms with E-state index < -0.39 is 0 Å². The van der Waals surface area contributed by atoms with Crippen LogP contribution < -0.4 is 0 Å². The first-order chi connectivity index (χ1) is 16.7. The fourth-order valence-electron chi connectivity index (χ4n) is 5.85. The van der Waals surface area contributed by atoms with Gasteiger partial charge >= 0.3 is 6.09 Å². The molecule has 2 aliphatic heterocycles. The standard InChI is InChI=1S/C28H30N2O4/c29-13-7-1-2-12-27(31)19-14-20-16-33-17-21(15-19)30(20)28(32)34-18-26-24-10-5-3-8-22(24)23-9-4-6-11-25(23)26/h3-6,8-11,19-21,26H,1-2,7,12,14-18H2. The molecular formula is C28H30N2O4. The van der Waals surface area contributed by atoms with Crippen molar-refractivity contribution in [2.24, 2.45) is 5.92 Å². The molecule has 0 spiro atoms. The zero-order valence-corrected chi connectivity index (χ0v) is 19.3. The van der Waals surface area contributed by atoms with Gasteiger partial charge in [0, 0.05) is 24.7 Å². The number of Topliss-reactive ketones (excluding diaryl/α,β-unsaturated/α-hetero) is 1. The summed E-state index contributed by atoms with van der Waals surface area (Å²) < 4.78 is 11.7. The molecule has 176 valence electrons. The van der Waals surface area contributed by atoms with Crippen LogP contribution in [0, 0.1) is 17.2 Å². The van der Waals surface area contributed by atoms with E-state index in [0.717, 1.165) is 12.8 Å². The average molecular weight is 459 g/mol. The minimum absolute atomic E-state index is 0.0277. The normalized spacial score (nSPS) is 23.0. The minimum Gasteiger partial charge on any atom is -0.448 e. The number of fused-ring (bicyclic) bond motifs is 5. The Balaban J connectivity index is 1.23. The molecule has 2 bridgehead atoms. The van der Waals surface area contributed by atoms with E-state index in [2.05, 4.69) is 30.3 Å². The number of morpholine rings is 1. The summed E-state index contributed by atoms with van der Waals surface area (Å²) in [6, 6.07) is 18.5. The van der Waals surface area contributed by atoms with E-state index >= 15 is 0 Å². The number of hydrogen-bond donors (Lipinski definition) is 0. The number of hydrogen-bond acceptors (Lipinski definition) is 5. The predicted molar refractivity (Wildman–Crippen MR) is 127 cm³/mol. The topological polar surface area (TPSA) is 79.6 Å². The summed E-state index contributed by atoms with van der Waals surface area (Å²) in [5, 5.41) is 8.68. The zero-order valence-electron chi connectivity index (χ0n) is 19.3. The predicted octanol–water partition coefficient (Wildman–Crippen LogP) is 5.07. The second-order valence-corrected chi connectivity index (χ2v) is 9.56. The van der Waals surface area contributed by atoms with Crippen molar-refractivity contribution in [1.29, 1.82) is 5.26 Å². The maximum Gasteiger partial charge on any atom is 0.410 e. The number of ketones is 1. The summed E-state index contributed by atoms with van der Waals surface area (Å²) in [6.45, 7) is 1.18. The Hall–Kier alpha value is -3.17. The number of carbonyl (C=O) groups is 2. The van der Waals surface area contributed by atoms with Gasteiger partial charge in [0.2, 0.25) is 0 Å². The molecule has 0 saturated carbocycles. The molecule has 6 nitrogen and oxygen atoms in total. The Kier molecular flexibility index (Phi) is 6.64. The third kappa shape index (κ3) is 4.33. The van der Waals surface area contributed by atoms with Crippen LogP contribution in [0.4, 0.5) is 4.79 Å². The van der Waals surface area contributed by atoms with Gasteiger partial charge in [-0.2, -0.15) is 5.26 Å². The summed E-state index contributed by atoms with van der Waals surface area (Å²) in [5.74, 6) is 0.237. The Morgan fingerprint density at radius 3 is 2.21 bits per heavy atom. The molecule has 0 radical (unpaired) electrons. The molecule has 2 atom stereocenters. The molecule has 1 aliphatic carbocycles. The van der Waals surface area contributed by atoms with Gasteiger partial charge in [0.1, 0.15) is 12.4 Å². The molecule has 3 aliphatic rings. The van der Waals surface area contributed by atoms with Crippen LogP contribution in [0.15, 0.2) is 48.5 Å². The van der Waals surface area contributed by atoms with Crippen LogP contribution in [0.3, 0.4) is 0 Å². The number of carbonyl (C=O) groups excluding carboxylic acids is 2. The van der Waals surface area contributed by atoms with Crippen molar-refractivity contribution in [3.63, 3.8) is 0 Å². The Morgan fingerprint density at radius 2 is 1.59 bits per heavy atom. The van der Waals surface area contributed by atoms with Gasteiger partial charge < -0.3 is 9.47 Å². The second kappa shape index (κ2) is 9.99. The lowest BCUT2D eigenvalue weighted by Crippen LogP contribution is -2.60. The van der Waals surface area contributed by atoms with Crippen molar-refractivity contribution in [2.75, 3.05) is 19.8 Å². The van der Waals surface area contributed by atoms with Crippen LogP contribution in [0.5, 0.6) is 0 Å². The molecule has 1 amide bonds. The fraction of sp³-hybridized carbons (Fsp3) is 0.464. The Morgan fingerprint density at radius 1 is 0.971 bits per heavy atom. The first kappa shape index (κ1) is 22.6. The van der Waals surface area contributed by atoms with Crippen LogP contribution in [0.25, 0.3) is 11.1 Å². The summed E-state index contributed by atoms with van der Waals surface area (Å²) >= 11 is 0. The minimum atomic E-state index is -0.305. The lowest BCUT2D eigenvalue weighted by molar-refractivity contribution is -0.131. The Labute approximate surface area is 200 Å². The molecule has 0 N–H and O–H groups in total. The van der Waals surface area contributed by atoms with Crippen LogP contribution in [-0.4, -0.2) is 48.7 Å². The van der Waals surface area contributed by atoms with Crippen molar-refractivity contribution in [2.45, 2.75) is 56.5 Å².